The molecule has 0 bridgehead atoms. The van der Waals surface area contributed by atoms with Gasteiger partial charge >= 0.3 is 0 Å². The maximum Gasteiger partial charge on any atom is 0.234 e. The third kappa shape index (κ3) is 7.36. The first-order valence-electron chi connectivity index (χ1n) is 7.40. The third-order valence-electron chi connectivity index (χ3n) is 3.18. The second-order valence-electron chi connectivity index (χ2n) is 5.13. The Kier molecular flexibility index (Phi) is 7.88. The molecule has 0 aliphatic heterocycles. The van der Waals surface area contributed by atoms with Gasteiger partial charge in [-0.3, -0.25) is 4.79 Å². The van der Waals surface area contributed by atoms with E-state index in [4.69, 9.17) is 9.88 Å². The first kappa shape index (κ1) is 19.3. The lowest BCUT2D eigenvalue weighted by molar-refractivity contribution is -0.114. The molecule has 0 aliphatic rings. The van der Waals surface area contributed by atoms with Crippen LogP contribution < -0.4 is 5.14 Å². The van der Waals surface area contributed by atoms with Crippen molar-refractivity contribution >= 4 is 15.8 Å². The van der Waals surface area contributed by atoms with Crippen molar-refractivity contribution in [2.75, 3.05) is 6.61 Å². The molecule has 126 valence electrons. The minimum atomic E-state index is -3.91. The zero-order chi connectivity index (χ0) is 17.3. The van der Waals surface area contributed by atoms with E-state index >= 15 is 0 Å². The molecular formula is C17H23NO4S. The summed E-state index contributed by atoms with van der Waals surface area (Å²) in [4.78, 5) is 11.4. The third-order valence-corrected chi connectivity index (χ3v) is 4.33. The molecule has 6 heteroatoms. The van der Waals surface area contributed by atoms with Crippen LogP contribution in [0.5, 0.6) is 0 Å². The maximum absolute atomic E-state index is 11.6. The molecule has 0 amide bonds. The molecule has 2 N–H and O–H groups in total. The molecule has 0 unspecified atom stereocenters. The molecule has 0 radical (unpaired) electrons. The topological polar surface area (TPSA) is 86.5 Å². The highest BCUT2D eigenvalue weighted by Crippen LogP contribution is 2.17. The van der Waals surface area contributed by atoms with Crippen LogP contribution in [0.15, 0.2) is 53.5 Å². The fourth-order valence-electron chi connectivity index (χ4n) is 1.91. The van der Waals surface area contributed by atoms with Gasteiger partial charge in [0, 0.05) is 12.3 Å². The van der Waals surface area contributed by atoms with Crippen LogP contribution in [0.25, 0.3) is 0 Å². The number of hydrogen-bond acceptors (Lipinski definition) is 4. The lowest BCUT2D eigenvalue weighted by Crippen LogP contribution is -2.20. The van der Waals surface area contributed by atoms with Crippen molar-refractivity contribution in [2.45, 2.75) is 26.9 Å². The van der Waals surface area contributed by atoms with Crippen LogP contribution in [0.3, 0.4) is 0 Å². The standard InChI is InChI=1S/C17H23NO4S/c1-3-16(19)12-17(23(18,20)21)14(2)8-7-11-22-13-15-9-5-4-6-10-15/h4-10,12,14H,3,11,13H2,1-2H3,(H2,18,20,21)/b8-7-,17-12?/t14-/m1/s1. The Morgan fingerprint density at radius 3 is 2.52 bits per heavy atom. The molecule has 1 aromatic carbocycles. The van der Waals surface area contributed by atoms with Gasteiger partial charge in [0.05, 0.1) is 18.1 Å². The minimum Gasteiger partial charge on any atom is -0.373 e. The van der Waals surface area contributed by atoms with E-state index in [-0.39, 0.29) is 17.1 Å². The van der Waals surface area contributed by atoms with Gasteiger partial charge in [0.2, 0.25) is 10.0 Å². The van der Waals surface area contributed by atoms with Crippen LogP contribution in [0, 0.1) is 5.92 Å². The number of allylic oxidation sites excluding steroid dienone is 3. The van der Waals surface area contributed by atoms with Crippen molar-refractivity contribution in [3.05, 3.63) is 59.0 Å². The van der Waals surface area contributed by atoms with Gasteiger partial charge in [-0.15, -0.1) is 0 Å². The largest absolute Gasteiger partial charge is 0.373 e. The molecule has 0 saturated carbocycles. The van der Waals surface area contributed by atoms with Crippen LogP contribution in [0.2, 0.25) is 0 Å². The van der Waals surface area contributed by atoms with Crippen molar-refractivity contribution in [3.63, 3.8) is 0 Å². The Bertz CT molecular complexity index is 663. The van der Waals surface area contributed by atoms with Crippen molar-refractivity contribution < 1.29 is 17.9 Å². The Morgan fingerprint density at radius 2 is 1.96 bits per heavy atom. The summed E-state index contributed by atoms with van der Waals surface area (Å²) in [5.41, 5.74) is 1.06. The summed E-state index contributed by atoms with van der Waals surface area (Å²) < 4.78 is 28.7. The molecule has 0 aliphatic carbocycles. The van der Waals surface area contributed by atoms with Gasteiger partial charge < -0.3 is 4.74 Å². The number of sulfonamides is 1. The fraction of sp³-hybridized carbons (Fsp3) is 0.353. The summed E-state index contributed by atoms with van der Waals surface area (Å²) >= 11 is 0. The van der Waals surface area contributed by atoms with E-state index in [9.17, 15) is 13.2 Å². The van der Waals surface area contributed by atoms with Crippen LogP contribution >= 0.6 is 0 Å². The Labute approximate surface area is 137 Å². The van der Waals surface area contributed by atoms with E-state index in [1.807, 2.05) is 30.3 Å². The normalized spacial score (nSPS) is 14.1. The molecule has 1 atom stereocenters. The molecule has 1 aromatic rings. The summed E-state index contributed by atoms with van der Waals surface area (Å²) in [6.07, 6.45) is 4.73. The number of nitrogens with two attached hydrogens (primary N) is 1. The monoisotopic (exact) mass is 337 g/mol. The zero-order valence-corrected chi connectivity index (χ0v) is 14.3. The first-order valence-corrected chi connectivity index (χ1v) is 8.94. The molecular weight excluding hydrogens is 314 g/mol. The summed E-state index contributed by atoms with van der Waals surface area (Å²) in [5, 5.41) is 5.18. The summed E-state index contributed by atoms with van der Waals surface area (Å²) in [5.74, 6) is -0.754. The molecule has 23 heavy (non-hydrogen) atoms. The van der Waals surface area contributed by atoms with Crippen molar-refractivity contribution in [3.8, 4) is 0 Å². The number of benzene rings is 1. The summed E-state index contributed by atoms with van der Waals surface area (Å²) in [7, 11) is -3.91. The smallest absolute Gasteiger partial charge is 0.234 e. The van der Waals surface area contributed by atoms with Crippen LogP contribution in [-0.4, -0.2) is 20.8 Å². The Balaban J connectivity index is 2.59. The molecule has 0 heterocycles. The van der Waals surface area contributed by atoms with E-state index < -0.39 is 15.9 Å². The number of primary sulfonamides is 1. The number of rotatable bonds is 9. The fourth-order valence-corrected chi connectivity index (χ4v) is 2.80. The van der Waals surface area contributed by atoms with Crippen molar-refractivity contribution in [1.29, 1.82) is 0 Å². The molecule has 0 aromatic heterocycles. The number of ketones is 1. The summed E-state index contributed by atoms with van der Waals surface area (Å²) in [6.45, 7) is 4.16. The van der Waals surface area contributed by atoms with Gasteiger partial charge in [0.1, 0.15) is 0 Å². The first-order chi connectivity index (χ1) is 10.8. The highest BCUT2D eigenvalue weighted by atomic mass is 32.2. The van der Waals surface area contributed by atoms with Gasteiger partial charge in [0.15, 0.2) is 5.78 Å². The highest BCUT2D eigenvalue weighted by molar-refractivity contribution is 7.93. The average molecular weight is 337 g/mol. The van der Waals surface area contributed by atoms with Crippen LogP contribution in [0.1, 0.15) is 25.8 Å². The lowest BCUT2D eigenvalue weighted by Gasteiger charge is -2.10. The SMILES string of the molecule is CCC(=O)C=C([C@H](C)/C=C\COCc1ccccc1)S(N)(=O)=O. The van der Waals surface area contributed by atoms with Crippen LogP contribution in [-0.2, 0) is 26.2 Å². The number of ether oxygens (including phenoxy) is 1. The molecule has 0 fully saturated rings. The molecule has 5 nitrogen and oxygen atoms in total. The number of hydrogen-bond donors (Lipinski definition) is 1. The second-order valence-corrected chi connectivity index (χ2v) is 6.69. The average Bonchev–Trinajstić information content (AvgIpc) is 2.51. The second kappa shape index (κ2) is 9.39. The zero-order valence-electron chi connectivity index (χ0n) is 13.4. The lowest BCUT2D eigenvalue weighted by atomic mass is 10.1. The van der Waals surface area contributed by atoms with Crippen molar-refractivity contribution in [1.82, 2.24) is 0 Å². The van der Waals surface area contributed by atoms with Gasteiger partial charge in [-0.1, -0.05) is 56.3 Å². The van der Waals surface area contributed by atoms with Gasteiger partial charge in [0.25, 0.3) is 0 Å². The Hall–Kier alpha value is -1.76. The van der Waals surface area contributed by atoms with Gasteiger partial charge in [-0.25, -0.2) is 13.6 Å². The minimum absolute atomic E-state index is 0.0799. The quantitative estimate of drug-likeness (QED) is 0.426. The molecule has 0 spiro atoms. The van der Waals surface area contributed by atoms with E-state index in [2.05, 4.69) is 0 Å². The van der Waals surface area contributed by atoms with E-state index in [0.717, 1.165) is 11.6 Å². The van der Waals surface area contributed by atoms with E-state index in [1.54, 1.807) is 26.0 Å². The predicted octanol–water partition coefficient (Wildman–Crippen LogP) is 2.55. The summed E-state index contributed by atoms with van der Waals surface area (Å²) in [6, 6.07) is 9.73. The number of carbonyl (C=O) groups is 1. The number of carbonyl (C=O) groups excluding carboxylic acids is 1. The maximum atomic E-state index is 11.6. The van der Waals surface area contributed by atoms with Crippen molar-refractivity contribution in [2.24, 2.45) is 11.1 Å². The van der Waals surface area contributed by atoms with Gasteiger partial charge in [-0.05, 0) is 11.6 Å². The Morgan fingerprint density at radius 1 is 1.30 bits per heavy atom. The molecule has 1 rings (SSSR count). The van der Waals surface area contributed by atoms with E-state index in [1.165, 1.54) is 0 Å². The van der Waals surface area contributed by atoms with Gasteiger partial charge in [-0.2, -0.15) is 0 Å². The van der Waals surface area contributed by atoms with E-state index in [0.29, 0.717) is 13.2 Å². The van der Waals surface area contributed by atoms with Crippen LogP contribution in [0.4, 0.5) is 0 Å². The molecule has 0 saturated heterocycles. The highest BCUT2D eigenvalue weighted by Gasteiger charge is 2.18. The predicted molar refractivity (Wildman–Crippen MR) is 90.9 cm³/mol.